The summed E-state index contributed by atoms with van der Waals surface area (Å²) in [5.41, 5.74) is 3.47. The Kier molecular flexibility index (Phi) is 3.81. The van der Waals surface area contributed by atoms with Crippen LogP contribution in [0, 0.1) is 0 Å². The molecular formula is C19H14N4O3. The molecule has 1 amide bonds. The first-order chi connectivity index (χ1) is 12.6. The molecule has 0 spiro atoms. The molecule has 0 unspecified atom stereocenters. The number of H-pyrrole nitrogens is 1. The number of nitrogens with one attached hydrogen (secondary N) is 2. The molecule has 2 heterocycles. The van der Waals surface area contributed by atoms with Crippen LogP contribution in [0.15, 0.2) is 68.9 Å². The highest BCUT2D eigenvalue weighted by Crippen LogP contribution is 2.19. The van der Waals surface area contributed by atoms with Gasteiger partial charge in [-0.15, -0.1) is 0 Å². The van der Waals surface area contributed by atoms with Crippen LogP contribution in [0.1, 0.15) is 23.2 Å². The highest BCUT2D eigenvalue weighted by molar-refractivity contribution is 6.06. The quantitative estimate of drug-likeness (QED) is 0.440. The lowest BCUT2D eigenvalue weighted by molar-refractivity contribution is 0.0950. The molecular weight excluding hydrogens is 332 g/mol. The Labute approximate surface area is 147 Å². The molecule has 4 rings (SSSR count). The molecule has 0 saturated heterocycles. The van der Waals surface area contributed by atoms with E-state index in [1.807, 2.05) is 30.3 Å². The molecule has 4 aromatic rings. The fourth-order valence-corrected chi connectivity index (χ4v) is 2.69. The average Bonchev–Trinajstić information content (AvgIpc) is 3.11. The summed E-state index contributed by atoms with van der Waals surface area (Å²) in [5.74, 6) is 0.0405. The summed E-state index contributed by atoms with van der Waals surface area (Å²) >= 11 is 0. The van der Waals surface area contributed by atoms with Crippen LogP contribution in [0.2, 0.25) is 0 Å². The Bertz CT molecular complexity index is 1190. The van der Waals surface area contributed by atoms with Gasteiger partial charge in [0.05, 0.1) is 5.39 Å². The van der Waals surface area contributed by atoms with E-state index in [1.54, 1.807) is 31.2 Å². The minimum absolute atomic E-state index is 0.0985. The van der Waals surface area contributed by atoms with Gasteiger partial charge in [0.2, 0.25) is 0 Å². The molecule has 0 radical (unpaired) electrons. The van der Waals surface area contributed by atoms with Crippen molar-refractivity contribution in [3.63, 3.8) is 0 Å². The van der Waals surface area contributed by atoms with Crippen molar-refractivity contribution < 1.29 is 9.21 Å². The number of aromatic amines is 1. The van der Waals surface area contributed by atoms with E-state index in [2.05, 4.69) is 20.7 Å². The van der Waals surface area contributed by atoms with Gasteiger partial charge >= 0.3 is 0 Å². The Morgan fingerprint density at radius 1 is 1.12 bits per heavy atom. The fourth-order valence-electron chi connectivity index (χ4n) is 2.69. The number of para-hydroxylation sites is 1. The number of rotatable bonds is 3. The first kappa shape index (κ1) is 15.8. The van der Waals surface area contributed by atoms with Crippen LogP contribution in [0.5, 0.6) is 0 Å². The normalized spacial score (nSPS) is 11.8. The third-order valence-electron chi connectivity index (χ3n) is 4.02. The molecule has 0 aliphatic heterocycles. The fraction of sp³-hybridized carbons (Fsp3) is 0.0526. The maximum absolute atomic E-state index is 12.4. The molecule has 7 heteroatoms. The lowest BCUT2D eigenvalue weighted by Gasteiger charge is -2.03. The van der Waals surface area contributed by atoms with Crippen LogP contribution in [-0.4, -0.2) is 21.8 Å². The number of benzene rings is 2. The third kappa shape index (κ3) is 2.75. The Balaban J connectivity index is 1.63. The summed E-state index contributed by atoms with van der Waals surface area (Å²) in [6.45, 7) is 1.73. The van der Waals surface area contributed by atoms with E-state index in [9.17, 15) is 9.59 Å². The van der Waals surface area contributed by atoms with Gasteiger partial charge in [0, 0.05) is 10.8 Å². The summed E-state index contributed by atoms with van der Waals surface area (Å²) in [5, 5.41) is 12.1. The smallest absolute Gasteiger partial charge is 0.292 e. The average molecular weight is 346 g/mol. The number of carbonyl (C=O) groups is 1. The third-order valence-corrected chi connectivity index (χ3v) is 4.02. The predicted octanol–water partition coefficient (Wildman–Crippen LogP) is 2.82. The minimum atomic E-state index is -0.520. The highest BCUT2D eigenvalue weighted by atomic mass is 16.3. The largest absolute Gasteiger partial charge is 0.455 e. The Morgan fingerprint density at radius 3 is 2.65 bits per heavy atom. The molecule has 128 valence electrons. The number of furan rings is 1. The number of hydrazone groups is 1. The van der Waals surface area contributed by atoms with Gasteiger partial charge in [-0.2, -0.15) is 10.2 Å². The monoisotopic (exact) mass is 346 g/mol. The molecule has 2 aromatic heterocycles. The first-order valence-corrected chi connectivity index (χ1v) is 7.94. The van der Waals surface area contributed by atoms with E-state index in [4.69, 9.17) is 4.42 Å². The lowest BCUT2D eigenvalue weighted by atomic mass is 10.1. The zero-order valence-corrected chi connectivity index (χ0v) is 13.8. The Morgan fingerprint density at radius 2 is 1.85 bits per heavy atom. The van der Waals surface area contributed by atoms with Crippen LogP contribution in [0.4, 0.5) is 0 Å². The molecule has 7 nitrogen and oxygen atoms in total. The maximum atomic E-state index is 12.4. The summed E-state index contributed by atoms with van der Waals surface area (Å²) in [4.78, 5) is 24.2. The van der Waals surface area contributed by atoms with Crippen molar-refractivity contribution in [2.45, 2.75) is 6.92 Å². The van der Waals surface area contributed by atoms with Gasteiger partial charge in [-0.3, -0.25) is 9.59 Å². The standard InChI is InChI=1S/C19H14N4O3/c1-11(16-10-12-6-2-5-9-15(12)26-16)20-23-19(25)17-13-7-3-4-8-14(13)18(24)22-21-17/h2-10H,1H3,(H,22,24)(H,23,25)/b20-11-. The van der Waals surface area contributed by atoms with Crippen LogP contribution in [0.25, 0.3) is 21.7 Å². The van der Waals surface area contributed by atoms with Gasteiger partial charge in [-0.05, 0) is 25.1 Å². The van der Waals surface area contributed by atoms with Crippen molar-refractivity contribution in [3.05, 3.63) is 76.4 Å². The lowest BCUT2D eigenvalue weighted by Crippen LogP contribution is -2.23. The van der Waals surface area contributed by atoms with E-state index in [1.165, 1.54) is 0 Å². The van der Waals surface area contributed by atoms with Gasteiger partial charge < -0.3 is 4.42 Å². The number of hydrogen-bond acceptors (Lipinski definition) is 5. The zero-order chi connectivity index (χ0) is 18.1. The summed E-state index contributed by atoms with van der Waals surface area (Å²) in [7, 11) is 0. The summed E-state index contributed by atoms with van der Waals surface area (Å²) in [6.07, 6.45) is 0. The van der Waals surface area contributed by atoms with E-state index in [0.29, 0.717) is 22.2 Å². The van der Waals surface area contributed by atoms with Gasteiger partial charge in [0.15, 0.2) is 11.5 Å². The topological polar surface area (TPSA) is 100 Å². The van der Waals surface area contributed by atoms with Crippen molar-refractivity contribution in [3.8, 4) is 0 Å². The van der Waals surface area contributed by atoms with Gasteiger partial charge in [-0.25, -0.2) is 10.5 Å². The molecule has 0 bridgehead atoms. The van der Waals surface area contributed by atoms with Crippen molar-refractivity contribution >= 4 is 33.4 Å². The molecule has 2 aromatic carbocycles. The predicted molar refractivity (Wildman–Crippen MR) is 98.3 cm³/mol. The van der Waals surface area contributed by atoms with Crippen LogP contribution < -0.4 is 11.0 Å². The van der Waals surface area contributed by atoms with E-state index in [-0.39, 0.29) is 11.3 Å². The molecule has 26 heavy (non-hydrogen) atoms. The second kappa shape index (κ2) is 6.29. The second-order valence-electron chi connectivity index (χ2n) is 5.73. The summed E-state index contributed by atoms with van der Waals surface area (Å²) in [6, 6.07) is 16.2. The van der Waals surface area contributed by atoms with E-state index in [0.717, 1.165) is 11.0 Å². The Hall–Kier alpha value is -3.74. The number of amides is 1. The second-order valence-corrected chi connectivity index (χ2v) is 5.73. The van der Waals surface area contributed by atoms with Crippen LogP contribution >= 0.6 is 0 Å². The van der Waals surface area contributed by atoms with Crippen LogP contribution in [-0.2, 0) is 0 Å². The summed E-state index contributed by atoms with van der Waals surface area (Å²) < 4.78 is 5.71. The number of nitrogens with zero attached hydrogens (tertiary/aromatic N) is 2. The van der Waals surface area contributed by atoms with Crippen molar-refractivity contribution in [1.82, 2.24) is 15.6 Å². The molecule has 0 saturated carbocycles. The number of hydrogen-bond donors (Lipinski definition) is 2. The van der Waals surface area contributed by atoms with Gasteiger partial charge in [0.25, 0.3) is 11.5 Å². The molecule has 0 fully saturated rings. The molecule has 0 aliphatic rings. The number of aromatic nitrogens is 2. The maximum Gasteiger partial charge on any atom is 0.292 e. The first-order valence-electron chi connectivity index (χ1n) is 7.94. The zero-order valence-electron chi connectivity index (χ0n) is 13.8. The van der Waals surface area contributed by atoms with E-state index < -0.39 is 5.91 Å². The highest BCUT2D eigenvalue weighted by Gasteiger charge is 2.14. The van der Waals surface area contributed by atoms with Gasteiger partial charge in [-0.1, -0.05) is 36.4 Å². The molecule has 0 atom stereocenters. The number of carbonyl (C=O) groups excluding carboxylic acids is 1. The van der Waals surface area contributed by atoms with Crippen molar-refractivity contribution in [2.75, 3.05) is 0 Å². The molecule has 2 N–H and O–H groups in total. The van der Waals surface area contributed by atoms with Crippen molar-refractivity contribution in [2.24, 2.45) is 5.10 Å². The van der Waals surface area contributed by atoms with E-state index >= 15 is 0 Å². The van der Waals surface area contributed by atoms with Crippen LogP contribution in [0.3, 0.4) is 0 Å². The molecule has 0 aliphatic carbocycles. The SMILES string of the molecule is C/C(=N/NC(=O)c1n[nH]c(=O)c2ccccc12)c1cc2ccccc2o1. The van der Waals surface area contributed by atoms with Crippen molar-refractivity contribution in [1.29, 1.82) is 0 Å². The number of fused-ring (bicyclic) bond motifs is 2. The van der Waals surface area contributed by atoms with Gasteiger partial charge in [0.1, 0.15) is 11.3 Å². The minimum Gasteiger partial charge on any atom is -0.455 e.